The van der Waals surface area contributed by atoms with E-state index >= 15 is 0 Å². The summed E-state index contributed by atoms with van der Waals surface area (Å²) in [7, 11) is 1.93. The van der Waals surface area contributed by atoms with E-state index in [1.54, 1.807) is 6.33 Å². The first-order chi connectivity index (χ1) is 7.66. The summed E-state index contributed by atoms with van der Waals surface area (Å²) in [5.41, 5.74) is 9.77. The van der Waals surface area contributed by atoms with Gasteiger partial charge in [-0.1, -0.05) is 6.07 Å². The summed E-state index contributed by atoms with van der Waals surface area (Å²) >= 11 is 0. The Kier molecular flexibility index (Phi) is 2.55. The van der Waals surface area contributed by atoms with Crippen LogP contribution < -0.4 is 11.2 Å². The molecule has 0 aliphatic heterocycles. The van der Waals surface area contributed by atoms with Crippen molar-refractivity contribution < 1.29 is 4.79 Å². The summed E-state index contributed by atoms with van der Waals surface area (Å²) < 4.78 is 1.93. The van der Waals surface area contributed by atoms with Gasteiger partial charge in [-0.05, 0) is 17.7 Å². The predicted octanol–water partition coefficient (Wildman–Crippen LogP) is 0.576. The van der Waals surface area contributed by atoms with Gasteiger partial charge in [-0.25, -0.2) is 15.2 Å². The first-order valence-electron chi connectivity index (χ1n) is 4.66. The molecule has 82 valence electrons. The zero-order valence-corrected chi connectivity index (χ0v) is 8.71. The van der Waals surface area contributed by atoms with Crippen LogP contribution in [-0.2, 0) is 7.05 Å². The highest BCUT2D eigenvalue weighted by molar-refractivity contribution is 5.87. The lowest BCUT2D eigenvalue weighted by Gasteiger charge is -1.96. The van der Waals surface area contributed by atoms with Crippen LogP contribution in [0.25, 0.3) is 11.0 Å². The number of rotatable bonds is 2. The molecule has 0 bridgehead atoms. The summed E-state index contributed by atoms with van der Waals surface area (Å²) in [6, 6.07) is 5.02. The van der Waals surface area contributed by atoms with Crippen LogP contribution in [0.15, 0.2) is 29.6 Å². The van der Waals surface area contributed by atoms with Crippen LogP contribution >= 0.6 is 0 Å². The molecule has 0 atom stereocenters. The third kappa shape index (κ3) is 2.00. The summed E-state index contributed by atoms with van der Waals surface area (Å²) in [5, 5.41) is 3.67. The number of nitrogens with two attached hydrogens (primary N) is 1. The second-order valence-corrected chi connectivity index (χ2v) is 3.34. The maximum absolute atomic E-state index is 10.4. The molecule has 0 aliphatic carbocycles. The van der Waals surface area contributed by atoms with Gasteiger partial charge in [0.1, 0.15) is 0 Å². The number of aromatic nitrogens is 2. The average molecular weight is 217 g/mol. The van der Waals surface area contributed by atoms with E-state index in [4.69, 9.17) is 5.73 Å². The number of fused-ring (bicyclic) bond motifs is 1. The SMILES string of the molecule is Cn1cnc2cc(C=NNC(N)=O)ccc21. The summed E-state index contributed by atoms with van der Waals surface area (Å²) in [4.78, 5) is 14.6. The van der Waals surface area contributed by atoms with Crippen molar-refractivity contribution >= 4 is 23.3 Å². The van der Waals surface area contributed by atoms with Crippen LogP contribution in [0.5, 0.6) is 0 Å². The second-order valence-electron chi connectivity index (χ2n) is 3.34. The Balaban J connectivity index is 2.26. The van der Waals surface area contributed by atoms with Crippen LogP contribution in [0, 0.1) is 0 Å². The molecular weight excluding hydrogens is 206 g/mol. The molecule has 0 saturated carbocycles. The molecule has 0 unspecified atom stereocenters. The largest absolute Gasteiger partial charge is 0.350 e. The highest BCUT2D eigenvalue weighted by Gasteiger charge is 1.99. The van der Waals surface area contributed by atoms with Crippen LogP contribution in [0.2, 0.25) is 0 Å². The van der Waals surface area contributed by atoms with Gasteiger partial charge in [0.25, 0.3) is 0 Å². The first-order valence-corrected chi connectivity index (χ1v) is 4.66. The van der Waals surface area contributed by atoms with Crippen LogP contribution in [0.3, 0.4) is 0 Å². The Labute approximate surface area is 91.8 Å². The van der Waals surface area contributed by atoms with E-state index < -0.39 is 6.03 Å². The number of benzene rings is 1. The molecule has 0 fully saturated rings. The molecule has 0 radical (unpaired) electrons. The van der Waals surface area contributed by atoms with Crippen molar-refractivity contribution in [1.29, 1.82) is 0 Å². The standard InChI is InChI=1S/C10H11N5O/c1-15-6-12-8-4-7(2-3-9(8)15)5-13-14-10(11)16/h2-6H,1H3,(H3,11,14,16). The molecular formula is C10H11N5O. The normalized spacial score (nSPS) is 11.1. The second kappa shape index (κ2) is 4.01. The molecule has 0 aliphatic rings. The Morgan fingerprint density at radius 3 is 3.19 bits per heavy atom. The summed E-state index contributed by atoms with van der Waals surface area (Å²) in [5.74, 6) is 0. The molecule has 3 N–H and O–H groups in total. The first kappa shape index (κ1) is 10.2. The van der Waals surface area contributed by atoms with E-state index in [9.17, 15) is 4.79 Å². The quantitative estimate of drug-likeness (QED) is 0.569. The fourth-order valence-corrected chi connectivity index (χ4v) is 1.40. The van der Waals surface area contributed by atoms with Crippen molar-refractivity contribution in [2.75, 3.05) is 0 Å². The molecule has 1 aromatic carbocycles. The van der Waals surface area contributed by atoms with Crippen LogP contribution in [0.4, 0.5) is 4.79 Å². The zero-order chi connectivity index (χ0) is 11.5. The Morgan fingerprint density at radius 2 is 2.44 bits per heavy atom. The number of urea groups is 1. The summed E-state index contributed by atoms with van der Waals surface area (Å²) in [6.45, 7) is 0. The van der Waals surface area contributed by atoms with Crippen molar-refractivity contribution in [3.05, 3.63) is 30.1 Å². The van der Waals surface area contributed by atoms with E-state index in [0.29, 0.717) is 0 Å². The van der Waals surface area contributed by atoms with Gasteiger partial charge in [-0.15, -0.1) is 0 Å². The van der Waals surface area contributed by atoms with E-state index in [0.717, 1.165) is 16.6 Å². The van der Waals surface area contributed by atoms with Crippen molar-refractivity contribution in [3.8, 4) is 0 Å². The van der Waals surface area contributed by atoms with Gasteiger partial charge in [-0.2, -0.15) is 5.10 Å². The number of hydrogen-bond acceptors (Lipinski definition) is 3. The van der Waals surface area contributed by atoms with Gasteiger partial charge in [0.2, 0.25) is 0 Å². The number of hydrazone groups is 1. The monoisotopic (exact) mass is 217 g/mol. The fraction of sp³-hybridized carbons (Fsp3) is 0.100. The molecule has 0 spiro atoms. The van der Waals surface area contributed by atoms with Gasteiger partial charge in [0.15, 0.2) is 0 Å². The topological polar surface area (TPSA) is 85.3 Å². The highest BCUT2D eigenvalue weighted by Crippen LogP contribution is 2.12. The van der Waals surface area contributed by atoms with Crippen molar-refractivity contribution in [2.24, 2.45) is 17.9 Å². The zero-order valence-electron chi connectivity index (χ0n) is 8.71. The third-order valence-corrected chi connectivity index (χ3v) is 2.14. The Hall–Kier alpha value is -2.37. The highest BCUT2D eigenvalue weighted by atomic mass is 16.2. The Morgan fingerprint density at radius 1 is 1.62 bits per heavy atom. The van der Waals surface area contributed by atoms with E-state index in [2.05, 4.69) is 15.5 Å². The van der Waals surface area contributed by atoms with E-state index in [1.807, 2.05) is 29.8 Å². The smallest absolute Gasteiger partial charge is 0.332 e. The molecule has 1 aromatic heterocycles. The number of imidazole rings is 1. The van der Waals surface area contributed by atoms with Gasteiger partial charge in [0.05, 0.1) is 23.6 Å². The van der Waals surface area contributed by atoms with Crippen molar-refractivity contribution in [2.45, 2.75) is 0 Å². The predicted molar refractivity (Wildman–Crippen MR) is 61.0 cm³/mol. The summed E-state index contributed by atoms with van der Waals surface area (Å²) in [6.07, 6.45) is 3.26. The third-order valence-electron chi connectivity index (χ3n) is 2.14. The van der Waals surface area contributed by atoms with Gasteiger partial charge >= 0.3 is 6.03 Å². The molecule has 16 heavy (non-hydrogen) atoms. The number of nitrogens with zero attached hydrogens (tertiary/aromatic N) is 3. The maximum Gasteiger partial charge on any atom is 0.332 e. The minimum absolute atomic E-state index is 0.685. The maximum atomic E-state index is 10.4. The van der Waals surface area contributed by atoms with Gasteiger partial charge < -0.3 is 10.3 Å². The number of amides is 2. The molecule has 6 heteroatoms. The molecule has 2 rings (SSSR count). The molecule has 6 nitrogen and oxygen atoms in total. The minimum atomic E-state index is -0.685. The molecule has 2 amide bonds. The van der Waals surface area contributed by atoms with Gasteiger partial charge in [-0.3, -0.25) is 0 Å². The molecule has 0 saturated heterocycles. The minimum Gasteiger partial charge on any atom is -0.350 e. The number of nitrogens with one attached hydrogen (secondary N) is 1. The average Bonchev–Trinajstić information content (AvgIpc) is 2.60. The lowest BCUT2D eigenvalue weighted by molar-refractivity contribution is 0.249. The molecule has 1 heterocycles. The van der Waals surface area contributed by atoms with E-state index in [1.165, 1.54) is 6.21 Å². The number of carbonyl (C=O) groups excluding carboxylic acids is 1. The lowest BCUT2D eigenvalue weighted by Crippen LogP contribution is -2.24. The fourth-order valence-electron chi connectivity index (χ4n) is 1.40. The van der Waals surface area contributed by atoms with E-state index in [-0.39, 0.29) is 0 Å². The van der Waals surface area contributed by atoms with Crippen LogP contribution in [0.1, 0.15) is 5.56 Å². The number of primary amides is 1. The number of hydrogen-bond donors (Lipinski definition) is 2. The van der Waals surface area contributed by atoms with Gasteiger partial charge in [0, 0.05) is 7.05 Å². The van der Waals surface area contributed by atoms with Crippen molar-refractivity contribution in [3.63, 3.8) is 0 Å². The number of carbonyl (C=O) groups is 1. The Bertz CT molecular complexity index is 557. The van der Waals surface area contributed by atoms with Crippen LogP contribution in [-0.4, -0.2) is 21.8 Å². The lowest BCUT2D eigenvalue weighted by atomic mass is 10.2. The molecule has 2 aromatic rings. The number of aryl methyl sites for hydroxylation is 1. The van der Waals surface area contributed by atoms with Crippen molar-refractivity contribution in [1.82, 2.24) is 15.0 Å².